The van der Waals surface area contributed by atoms with Gasteiger partial charge in [0.15, 0.2) is 17.0 Å². The molecule has 1 aliphatic heterocycles. The molecule has 0 bridgehead atoms. The summed E-state index contributed by atoms with van der Waals surface area (Å²) < 4.78 is 7.70. The summed E-state index contributed by atoms with van der Waals surface area (Å²) in [6.45, 7) is 12.1. The summed E-state index contributed by atoms with van der Waals surface area (Å²) in [6, 6.07) is 0. The lowest BCUT2D eigenvalue weighted by molar-refractivity contribution is -0.0207. The minimum absolute atomic E-state index is 0.0326. The molecule has 0 amide bonds. The summed E-state index contributed by atoms with van der Waals surface area (Å²) in [5.41, 5.74) is 2.40. The van der Waals surface area contributed by atoms with Crippen molar-refractivity contribution in [3.05, 3.63) is 49.6 Å². The Labute approximate surface area is 154 Å². The molecule has 2 N–H and O–H groups in total. The molecule has 0 radical (unpaired) electrons. The van der Waals surface area contributed by atoms with Crippen LogP contribution in [-0.2, 0) is 4.74 Å². The predicted molar refractivity (Wildman–Crippen MR) is 104 cm³/mol. The molecule has 2 aromatic rings. The Hall–Kier alpha value is -2.51. The van der Waals surface area contributed by atoms with Crippen LogP contribution in [-0.4, -0.2) is 43.9 Å². The van der Waals surface area contributed by atoms with Crippen LogP contribution in [0.25, 0.3) is 11.2 Å². The van der Waals surface area contributed by atoms with Crippen molar-refractivity contribution in [3.63, 3.8) is 0 Å². The van der Waals surface area contributed by atoms with E-state index < -0.39 is 0 Å². The first-order valence-corrected chi connectivity index (χ1v) is 8.88. The maximum absolute atomic E-state index is 9.22. The summed E-state index contributed by atoms with van der Waals surface area (Å²) in [5.74, 6) is 0.660. The molecule has 1 saturated heterocycles. The van der Waals surface area contributed by atoms with E-state index in [4.69, 9.17) is 4.74 Å². The maximum Gasteiger partial charge on any atom is 0.167 e. The second-order valence-corrected chi connectivity index (χ2v) is 5.55. The smallest absolute Gasteiger partial charge is 0.167 e. The van der Waals surface area contributed by atoms with Gasteiger partial charge in [0, 0.05) is 6.54 Å². The molecule has 3 heterocycles. The molecule has 1 unspecified atom stereocenters. The van der Waals surface area contributed by atoms with Crippen molar-refractivity contribution >= 4 is 17.0 Å². The van der Waals surface area contributed by atoms with Crippen LogP contribution in [0.15, 0.2) is 49.6 Å². The third-order valence-electron chi connectivity index (χ3n) is 4.01. The summed E-state index contributed by atoms with van der Waals surface area (Å²) >= 11 is 0. The topological polar surface area (TPSA) is 85.1 Å². The quantitative estimate of drug-likeness (QED) is 0.740. The van der Waals surface area contributed by atoms with E-state index in [1.54, 1.807) is 18.5 Å². The van der Waals surface area contributed by atoms with Crippen LogP contribution in [0.3, 0.4) is 0 Å². The van der Waals surface area contributed by atoms with Crippen LogP contribution in [0.1, 0.15) is 32.9 Å². The molecule has 140 valence electrons. The van der Waals surface area contributed by atoms with Gasteiger partial charge in [0.2, 0.25) is 0 Å². The SMILES string of the molecule is C=C/C=C(\C=C)CNc1ncnc2c1ncn2[C@H]1CCC(CO)O1.CC. The zero-order chi connectivity index (χ0) is 18.9. The van der Waals surface area contributed by atoms with Crippen molar-refractivity contribution in [1.29, 1.82) is 0 Å². The Balaban J connectivity index is 0.00000117. The van der Waals surface area contributed by atoms with Crippen LogP contribution >= 0.6 is 0 Å². The highest BCUT2D eigenvalue weighted by Crippen LogP contribution is 2.31. The van der Waals surface area contributed by atoms with E-state index >= 15 is 0 Å². The van der Waals surface area contributed by atoms with Crippen molar-refractivity contribution in [2.75, 3.05) is 18.5 Å². The Morgan fingerprint density at radius 1 is 1.35 bits per heavy atom. The molecule has 2 atom stereocenters. The van der Waals surface area contributed by atoms with Gasteiger partial charge in [-0.15, -0.1) is 0 Å². The highest BCUT2D eigenvalue weighted by atomic mass is 16.5. The number of anilines is 1. The number of fused-ring (bicyclic) bond motifs is 1. The number of allylic oxidation sites excluding steroid dienone is 2. The second kappa shape index (κ2) is 9.84. The molecule has 1 aliphatic rings. The van der Waals surface area contributed by atoms with Crippen LogP contribution in [0.5, 0.6) is 0 Å². The molecule has 0 spiro atoms. The average molecular weight is 357 g/mol. The number of nitrogens with one attached hydrogen (secondary N) is 1. The highest BCUT2D eigenvalue weighted by molar-refractivity contribution is 5.82. The number of rotatable bonds is 7. The van der Waals surface area contributed by atoms with E-state index in [0.29, 0.717) is 23.5 Å². The van der Waals surface area contributed by atoms with Crippen molar-refractivity contribution in [2.45, 2.75) is 39.0 Å². The Morgan fingerprint density at radius 2 is 2.15 bits per heavy atom. The molecule has 7 heteroatoms. The van der Waals surface area contributed by atoms with E-state index in [0.717, 1.165) is 18.4 Å². The van der Waals surface area contributed by atoms with Crippen LogP contribution in [0, 0.1) is 0 Å². The third-order valence-corrected chi connectivity index (χ3v) is 4.01. The van der Waals surface area contributed by atoms with Gasteiger partial charge in [0.05, 0.1) is 19.0 Å². The fourth-order valence-electron chi connectivity index (χ4n) is 2.75. The zero-order valence-corrected chi connectivity index (χ0v) is 15.4. The van der Waals surface area contributed by atoms with E-state index in [9.17, 15) is 5.11 Å². The number of aliphatic hydroxyl groups is 1. The lowest BCUT2D eigenvalue weighted by atomic mass is 10.2. The fourth-order valence-corrected chi connectivity index (χ4v) is 2.75. The van der Waals surface area contributed by atoms with Gasteiger partial charge in [0.25, 0.3) is 0 Å². The largest absolute Gasteiger partial charge is 0.394 e. The molecule has 0 aromatic carbocycles. The number of hydrogen-bond donors (Lipinski definition) is 2. The minimum atomic E-state index is -0.153. The third kappa shape index (κ3) is 4.36. The fraction of sp³-hybridized carbons (Fsp3) is 0.421. The van der Waals surface area contributed by atoms with Gasteiger partial charge in [-0.3, -0.25) is 4.57 Å². The normalized spacial score (nSPS) is 19.7. The number of hydrogen-bond acceptors (Lipinski definition) is 6. The van der Waals surface area contributed by atoms with Gasteiger partial charge in [-0.2, -0.15) is 0 Å². The average Bonchev–Trinajstić information content (AvgIpc) is 3.33. The molecule has 3 rings (SSSR count). The summed E-state index contributed by atoms with van der Waals surface area (Å²) in [7, 11) is 0. The minimum Gasteiger partial charge on any atom is -0.394 e. The first kappa shape index (κ1) is 19.8. The molecular weight excluding hydrogens is 330 g/mol. The molecule has 26 heavy (non-hydrogen) atoms. The van der Waals surface area contributed by atoms with E-state index in [-0.39, 0.29) is 18.9 Å². The number of imidazole rings is 1. The van der Waals surface area contributed by atoms with E-state index in [2.05, 4.69) is 33.4 Å². The number of ether oxygens (including phenoxy) is 1. The van der Waals surface area contributed by atoms with Crippen molar-refractivity contribution in [2.24, 2.45) is 0 Å². The summed E-state index contributed by atoms with van der Waals surface area (Å²) in [4.78, 5) is 13.0. The second-order valence-electron chi connectivity index (χ2n) is 5.55. The number of aromatic nitrogens is 4. The van der Waals surface area contributed by atoms with Crippen LogP contribution in [0.2, 0.25) is 0 Å². The van der Waals surface area contributed by atoms with Gasteiger partial charge in [-0.25, -0.2) is 15.0 Å². The van der Waals surface area contributed by atoms with Crippen molar-refractivity contribution in [3.8, 4) is 0 Å². The van der Waals surface area contributed by atoms with Gasteiger partial charge in [-0.1, -0.05) is 45.2 Å². The van der Waals surface area contributed by atoms with Crippen molar-refractivity contribution in [1.82, 2.24) is 19.5 Å². The summed E-state index contributed by atoms with van der Waals surface area (Å²) in [5, 5.41) is 12.5. The Morgan fingerprint density at radius 3 is 2.81 bits per heavy atom. The van der Waals surface area contributed by atoms with Gasteiger partial charge >= 0.3 is 0 Å². The lowest BCUT2D eigenvalue weighted by Crippen LogP contribution is -2.14. The predicted octanol–water partition coefficient (Wildman–Crippen LogP) is 3.23. The van der Waals surface area contributed by atoms with E-state index in [1.165, 1.54) is 6.33 Å². The molecule has 1 fully saturated rings. The molecule has 7 nitrogen and oxygen atoms in total. The van der Waals surface area contributed by atoms with Crippen molar-refractivity contribution < 1.29 is 9.84 Å². The highest BCUT2D eigenvalue weighted by Gasteiger charge is 2.27. The first-order valence-electron chi connectivity index (χ1n) is 8.88. The molecule has 2 aromatic heterocycles. The van der Waals surface area contributed by atoms with Gasteiger partial charge in [0.1, 0.15) is 12.6 Å². The lowest BCUT2D eigenvalue weighted by Gasteiger charge is -2.14. The number of nitrogens with zero attached hydrogens (tertiary/aromatic N) is 4. The molecular formula is C19H27N5O2. The van der Waals surface area contributed by atoms with Gasteiger partial charge < -0.3 is 15.2 Å². The molecule has 0 aliphatic carbocycles. The van der Waals surface area contributed by atoms with Gasteiger partial charge in [-0.05, 0) is 18.4 Å². The standard InChI is InChI=1S/C17H21N5O2.C2H6/c1-3-5-12(4-2)8-18-16-15-17(20-10-19-16)22(11-21-15)14-7-6-13(9-23)24-14;1-2/h3-5,10-11,13-14,23H,1-2,6-9H2,(H,18,19,20);1-2H3/b12-5+;/t13?,14-;/m1./s1. The van der Waals surface area contributed by atoms with Crippen LogP contribution < -0.4 is 5.32 Å². The first-order chi connectivity index (χ1) is 12.8. The van der Waals surface area contributed by atoms with Crippen LogP contribution in [0.4, 0.5) is 5.82 Å². The number of aliphatic hydroxyl groups excluding tert-OH is 1. The zero-order valence-electron chi connectivity index (χ0n) is 15.4. The maximum atomic E-state index is 9.22. The molecule has 0 saturated carbocycles. The Bertz CT molecular complexity index is 768. The Kier molecular flexibility index (Phi) is 7.50. The van der Waals surface area contributed by atoms with E-state index in [1.807, 2.05) is 24.5 Å². The summed E-state index contributed by atoms with van der Waals surface area (Å²) in [6.07, 6.45) is 9.97. The monoisotopic (exact) mass is 357 g/mol.